The highest BCUT2D eigenvalue weighted by Gasteiger charge is 2.17. The second-order valence-corrected chi connectivity index (χ2v) is 5.39. The van der Waals surface area contributed by atoms with Gasteiger partial charge in [-0.1, -0.05) is 6.07 Å². The standard InChI is InChI=1S/C17H17N3O2/c1-10-6-11(2)19-17(14(10)8-18)20-12(3)13-4-5-15-16(7-13)22-9-21-15/h4-7,12H,9H2,1-3H3,(H,19,20). The smallest absolute Gasteiger partial charge is 0.231 e. The van der Waals surface area contributed by atoms with E-state index in [-0.39, 0.29) is 12.8 Å². The van der Waals surface area contributed by atoms with Crippen molar-refractivity contribution in [3.05, 3.63) is 46.6 Å². The molecule has 1 aliphatic heterocycles. The van der Waals surface area contributed by atoms with Gasteiger partial charge in [0.05, 0.1) is 11.6 Å². The Kier molecular flexibility index (Phi) is 3.60. The van der Waals surface area contributed by atoms with E-state index in [0.29, 0.717) is 11.4 Å². The molecule has 1 atom stereocenters. The van der Waals surface area contributed by atoms with E-state index in [9.17, 15) is 5.26 Å². The number of hydrogen-bond donors (Lipinski definition) is 1. The Morgan fingerprint density at radius 1 is 1.23 bits per heavy atom. The predicted octanol–water partition coefficient (Wildman–Crippen LogP) is 3.47. The first-order chi connectivity index (χ1) is 10.6. The molecule has 5 nitrogen and oxygen atoms in total. The van der Waals surface area contributed by atoms with Crippen molar-refractivity contribution in [3.8, 4) is 17.6 Å². The van der Waals surface area contributed by atoms with Crippen LogP contribution in [0.1, 0.15) is 35.3 Å². The Bertz CT molecular complexity index is 765. The maximum absolute atomic E-state index is 9.33. The molecule has 0 fully saturated rings. The van der Waals surface area contributed by atoms with Gasteiger partial charge in [0.2, 0.25) is 6.79 Å². The van der Waals surface area contributed by atoms with Crippen molar-refractivity contribution in [1.82, 2.24) is 4.98 Å². The number of rotatable bonds is 3. The van der Waals surface area contributed by atoms with Gasteiger partial charge in [-0.2, -0.15) is 5.26 Å². The first-order valence-electron chi connectivity index (χ1n) is 7.13. The van der Waals surface area contributed by atoms with Crippen molar-refractivity contribution >= 4 is 5.82 Å². The summed E-state index contributed by atoms with van der Waals surface area (Å²) in [5.41, 5.74) is 3.44. The van der Waals surface area contributed by atoms with Crippen LogP contribution in [0.5, 0.6) is 11.5 Å². The third-order valence-corrected chi connectivity index (χ3v) is 3.71. The number of aromatic nitrogens is 1. The summed E-state index contributed by atoms with van der Waals surface area (Å²) in [6.45, 7) is 6.13. The highest BCUT2D eigenvalue weighted by molar-refractivity contribution is 5.57. The van der Waals surface area contributed by atoms with Crippen LogP contribution in [-0.2, 0) is 0 Å². The normalized spacial score (nSPS) is 13.5. The quantitative estimate of drug-likeness (QED) is 0.939. The molecule has 0 amide bonds. The van der Waals surface area contributed by atoms with Crippen LogP contribution in [0.2, 0.25) is 0 Å². The largest absolute Gasteiger partial charge is 0.454 e. The fraction of sp³-hybridized carbons (Fsp3) is 0.294. The summed E-state index contributed by atoms with van der Waals surface area (Å²) in [5, 5.41) is 12.7. The van der Waals surface area contributed by atoms with Gasteiger partial charge in [0.25, 0.3) is 0 Å². The summed E-state index contributed by atoms with van der Waals surface area (Å²) in [6, 6.07) is 9.97. The van der Waals surface area contributed by atoms with Crippen LogP contribution < -0.4 is 14.8 Å². The molecule has 112 valence electrons. The third-order valence-electron chi connectivity index (χ3n) is 3.71. The van der Waals surface area contributed by atoms with Crippen molar-refractivity contribution in [3.63, 3.8) is 0 Å². The summed E-state index contributed by atoms with van der Waals surface area (Å²) < 4.78 is 10.7. The van der Waals surface area contributed by atoms with Crippen molar-refractivity contribution in [2.24, 2.45) is 0 Å². The lowest BCUT2D eigenvalue weighted by atomic mass is 10.1. The number of aryl methyl sites for hydroxylation is 2. The van der Waals surface area contributed by atoms with Gasteiger partial charge in [0.15, 0.2) is 11.5 Å². The van der Waals surface area contributed by atoms with E-state index >= 15 is 0 Å². The van der Waals surface area contributed by atoms with E-state index < -0.39 is 0 Å². The average Bonchev–Trinajstić information content (AvgIpc) is 2.94. The van der Waals surface area contributed by atoms with Gasteiger partial charge in [-0.25, -0.2) is 4.98 Å². The molecule has 1 aromatic heterocycles. The minimum absolute atomic E-state index is 0.00435. The number of hydrogen-bond acceptors (Lipinski definition) is 5. The number of benzene rings is 1. The Hall–Kier alpha value is -2.74. The molecule has 5 heteroatoms. The van der Waals surface area contributed by atoms with Crippen LogP contribution in [0.15, 0.2) is 24.3 Å². The molecule has 0 saturated carbocycles. The number of nitrogens with one attached hydrogen (secondary N) is 1. The minimum Gasteiger partial charge on any atom is -0.454 e. The molecule has 1 aliphatic rings. The second kappa shape index (κ2) is 5.57. The zero-order valence-electron chi connectivity index (χ0n) is 12.8. The lowest BCUT2D eigenvalue weighted by Crippen LogP contribution is -2.10. The fourth-order valence-corrected chi connectivity index (χ4v) is 2.55. The lowest BCUT2D eigenvalue weighted by Gasteiger charge is -2.17. The molecule has 1 N–H and O–H groups in total. The second-order valence-electron chi connectivity index (χ2n) is 5.39. The van der Waals surface area contributed by atoms with Crippen molar-refractivity contribution < 1.29 is 9.47 Å². The molecule has 0 saturated heterocycles. The maximum atomic E-state index is 9.33. The number of nitriles is 1. The molecule has 2 heterocycles. The highest BCUT2D eigenvalue weighted by Crippen LogP contribution is 2.35. The maximum Gasteiger partial charge on any atom is 0.231 e. The van der Waals surface area contributed by atoms with Gasteiger partial charge in [0, 0.05) is 5.69 Å². The molecule has 0 radical (unpaired) electrons. The minimum atomic E-state index is -0.00435. The lowest BCUT2D eigenvalue weighted by molar-refractivity contribution is 0.174. The summed E-state index contributed by atoms with van der Waals surface area (Å²) >= 11 is 0. The van der Waals surface area contributed by atoms with E-state index in [1.807, 2.05) is 45.0 Å². The Balaban J connectivity index is 1.89. The van der Waals surface area contributed by atoms with E-state index in [0.717, 1.165) is 28.3 Å². The molecule has 2 aromatic rings. The van der Waals surface area contributed by atoms with E-state index in [2.05, 4.69) is 16.4 Å². The third kappa shape index (κ3) is 2.56. The van der Waals surface area contributed by atoms with Gasteiger partial charge in [0.1, 0.15) is 11.9 Å². The predicted molar refractivity (Wildman–Crippen MR) is 83.0 cm³/mol. The van der Waals surface area contributed by atoms with Gasteiger partial charge < -0.3 is 14.8 Å². The number of fused-ring (bicyclic) bond motifs is 1. The van der Waals surface area contributed by atoms with Crippen molar-refractivity contribution in [1.29, 1.82) is 5.26 Å². The topological polar surface area (TPSA) is 67.2 Å². The van der Waals surface area contributed by atoms with E-state index in [1.54, 1.807) is 0 Å². The molecule has 3 rings (SSSR count). The molecule has 0 aliphatic carbocycles. The number of nitrogens with zero attached hydrogens (tertiary/aromatic N) is 2. The van der Waals surface area contributed by atoms with Crippen LogP contribution >= 0.6 is 0 Å². The Morgan fingerprint density at radius 2 is 2.00 bits per heavy atom. The highest BCUT2D eigenvalue weighted by atomic mass is 16.7. The van der Waals surface area contributed by atoms with Crippen LogP contribution in [0.25, 0.3) is 0 Å². The van der Waals surface area contributed by atoms with Crippen LogP contribution in [0.3, 0.4) is 0 Å². The number of pyridine rings is 1. The molecule has 1 aromatic carbocycles. The molecule has 0 bridgehead atoms. The first-order valence-corrected chi connectivity index (χ1v) is 7.13. The monoisotopic (exact) mass is 295 g/mol. The Morgan fingerprint density at radius 3 is 2.77 bits per heavy atom. The average molecular weight is 295 g/mol. The van der Waals surface area contributed by atoms with Crippen LogP contribution in [0.4, 0.5) is 5.82 Å². The number of ether oxygens (including phenoxy) is 2. The summed E-state index contributed by atoms with van der Waals surface area (Å²) in [5.74, 6) is 2.13. The van der Waals surface area contributed by atoms with Gasteiger partial charge in [-0.3, -0.25) is 0 Å². The first kappa shape index (κ1) is 14.2. The molecule has 1 unspecified atom stereocenters. The SMILES string of the molecule is Cc1cc(C)c(C#N)c(NC(C)c2ccc3c(c2)OCO3)n1. The molecular weight excluding hydrogens is 278 g/mol. The zero-order chi connectivity index (χ0) is 15.7. The van der Waals surface area contributed by atoms with Crippen LogP contribution in [0, 0.1) is 25.2 Å². The molecule has 22 heavy (non-hydrogen) atoms. The summed E-state index contributed by atoms with van der Waals surface area (Å²) in [7, 11) is 0. The van der Waals surface area contributed by atoms with Gasteiger partial charge >= 0.3 is 0 Å². The van der Waals surface area contributed by atoms with Crippen molar-refractivity contribution in [2.45, 2.75) is 26.8 Å². The van der Waals surface area contributed by atoms with E-state index in [1.165, 1.54) is 0 Å². The Labute approximate surface area is 129 Å². The van der Waals surface area contributed by atoms with Crippen LogP contribution in [-0.4, -0.2) is 11.8 Å². The van der Waals surface area contributed by atoms with E-state index in [4.69, 9.17) is 9.47 Å². The van der Waals surface area contributed by atoms with Gasteiger partial charge in [-0.05, 0) is 50.1 Å². The molecule has 0 spiro atoms. The summed E-state index contributed by atoms with van der Waals surface area (Å²) in [6.07, 6.45) is 0. The molecular formula is C17H17N3O2. The fourth-order valence-electron chi connectivity index (χ4n) is 2.55. The van der Waals surface area contributed by atoms with Gasteiger partial charge in [-0.15, -0.1) is 0 Å². The van der Waals surface area contributed by atoms with Crippen molar-refractivity contribution in [2.75, 3.05) is 12.1 Å². The number of anilines is 1. The zero-order valence-corrected chi connectivity index (χ0v) is 12.8. The summed E-state index contributed by atoms with van der Waals surface area (Å²) in [4.78, 5) is 4.45.